The van der Waals surface area contributed by atoms with E-state index >= 15 is 0 Å². The van der Waals surface area contributed by atoms with E-state index in [4.69, 9.17) is 5.73 Å². The molecule has 0 spiro atoms. The highest BCUT2D eigenvalue weighted by Crippen LogP contribution is 2.22. The summed E-state index contributed by atoms with van der Waals surface area (Å²) in [5, 5.41) is 0. The van der Waals surface area contributed by atoms with Crippen LogP contribution in [0.5, 0.6) is 0 Å². The van der Waals surface area contributed by atoms with Gasteiger partial charge in [-0.15, -0.1) is 0 Å². The van der Waals surface area contributed by atoms with E-state index in [0.717, 1.165) is 6.07 Å². The zero-order valence-electron chi connectivity index (χ0n) is 10.0. The maximum Gasteiger partial charge on any atom is 0.261 e. The molecule has 19 heavy (non-hydrogen) atoms. The Balaban J connectivity index is 2.48. The Morgan fingerprint density at radius 1 is 1.26 bits per heavy atom. The highest BCUT2D eigenvalue weighted by Gasteiger charge is 2.15. The fourth-order valence-electron chi connectivity index (χ4n) is 1.53. The maximum atomic E-state index is 13.6. The summed E-state index contributed by atoms with van der Waals surface area (Å²) in [6.45, 7) is -0.630. The lowest BCUT2D eigenvalue weighted by atomic mass is 10.0. The first-order valence-corrected chi connectivity index (χ1v) is 6.45. The molecule has 0 bridgehead atoms. The predicted molar refractivity (Wildman–Crippen MR) is 67.2 cm³/mol. The van der Waals surface area contributed by atoms with Gasteiger partial charge in [-0.2, -0.15) is 0 Å². The molecule has 1 aromatic rings. The molecule has 1 rings (SSSR count). The lowest BCUT2D eigenvalue weighted by Gasteiger charge is -2.13. The van der Waals surface area contributed by atoms with Crippen molar-refractivity contribution in [1.29, 1.82) is 0 Å². The monoisotopic (exact) mass is 343 g/mol. The lowest BCUT2D eigenvalue weighted by Crippen LogP contribution is -2.26. The molecule has 1 aromatic carbocycles. The van der Waals surface area contributed by atoms with Gasteiger partial charge < -0.3 is 10.5 Å². The average Bonchev–Trinajstić information content (AvgIpc) is 2.35. The molecule has 0 aliphatic rings. The van der Waals surface area contributed by atoms with Crippen LogP contribution >= 0.6 is 15.9 Å². The Labute approximate surface area is 117 Å². The van der Waals surface area contributed by atoms with Gasteiger partial charge in [0, 0.05) is 18.2 Å². The lowest BCUT2D eigenvalue weighted by molar-refractivity contribution is 0.0152. The summed E-state index contributed by atoms with van der Waals surface area (Å²) >= 11 is 2.96. The Kier molecular flexibility index (Phi) is 6.74. The van der Waals surface area contributed by atoms with E-state index in [2.05, 4.69) is 20.7 Å². The Hall–Kier alpha value is -0.660. The standard InChI is InChI=1S/C12H14BrF4NO/c13-9-1-2-10(14)8(12(9)17)5-7(18)3-4-19-6-11(15)16/h1-2,7,11H,3-6,18H2. The van der Waals surface area contributed by atoms with Gasteiger partial charge in [-0.25, -0.2) is 17.6 Å². The fourth-order valence-corrected chi connectivity index (χ4v) is 1.90. The second-order valence-electron chi connectivity index (χ2n) is 4.04. The van der Waals surface area contributed by atoms with E-state index < -0.39 is 30.7 Å². The summed E-state index contributed by atoms with van der Waals surface area (Å²) in [6, 6.07) is 1.85. The third-order valence-corrected chi connectivity index (χ3v) is 3.09. The Bertz CT molecular complexity index is 417. The number of nitrogens with two attached hydrogens (primary N) is 1. The van der Waals surface area contributed by atoms with Crippen molar-refractivity contribution in [3.63, 3.8) is 0 Å². The second-order valence-corrected chi connectivity index (χ2v) is 4.89. The third kappa shape index (κ3) is 5.46. The molecule has 0 aromatic heterocycles. The largest absolute Gasteiger partial charge is 0.375 e. The number of benzene rings is 1. The Morgan fingerprint density at radius 3 is 2.58 bits per heavy atom. The van der Waals surface area contributed by atoms with E-state index in [1.807, 2.05) is 0 Å². The van der Waals surface area contributed by atoms with Crippen LogP contribution in [0, 0.1) is 11.6 Å². The van der Waals surface area contributed by atoms with Crippen molar-refractivity contribution in [2.75, 3.05) is 13.2 Å². The summed E-state index contributed by atoms with van der Waals surface area (Å²) in [7, 11) is 0. The summed E-state index contributed by atoms with van der Waals surface area (Å²) in [6.07, 6.45) is -2.30. The Morgan fingerprint density at radius 2 is 1.95 bits per heavy atom. The molecule has 2 N–H and O–H groups in total. The van der Waals surface area contributed by atoms with Crippen molar-refractivity contribution in [2.45, 2.75) is 25.3 Å². The summed E-state index contributed by atoms with van der Waals surface area (Å²) in [5.41, 5.74) is 5.58. The van der Waals surface area contributed by atoms with E-state index in [1.165, 1.54) is 6.07 Å². The minimum atomic E-state index is -2.53. The van der Waals surface area contributed by atoms with E-state index in [-0.39, 0.29) is 29.5 Å². The number of halogens is 5. The molecular weight excluding hydrogens is 330 g/mol. The number of ether oxygens (including phenoxy) is 1. The quantitative estimate of drug-likeness (QED) is 0.468. The van der Waals surface area contributed by atoms with Gasteiger partial charge >= 0.3 is 0 Å². The fraction of sp³-hybridized carbons (Fsp3) is 0.500. The zero-order valence-corrected chi connectivity index (χ0v) is 11.6. The predicted octanol–water partition coefficient (Wildman–Crippen LogP) is 3.27. The van der Waals surface area contributed by atoms with Crippen LogP contribution in [-0.2, 0) is 11.2 Å². The van der Waals surface area contributed by atoms with Crippen LogP contribution in [0.2, 0.25) is 0 Å². The first-order valence-electron chi connectivity index (χ1n) is 5.65. The number of hydrogen-bond donors (Lipinski definition) is 1. The number of alkyl halides is 2. The summed E-state index contributed by atoms with van der Waals surface area (Å²) in [5.74, 6) is -1.37. The first kappa shape index (κ1) is 16.4. The molecule has 1 atom stereocenters. The van der Waals surface area contributed by atoms with Crippen LogP contribution in [0.3, 0.4) is 0 Å². The van der Waals surface area contributed by atoms with Crippen LogP contribution in [0.4, 0.5) is 17.6 Å². The topological polar surface area (TPSA) is 35.2 Å². The molecule has 2 nitrogen and oxygen atoms in total. The van der Waals surface area contributed by atoms with Crippen molar-refractivity contribution in [2.24, 2.45) is 5.73 Å². The van der Waals surface area contributed by atoms with Crippen molar-refractivity contribution in [3.8, 4) is 0 Å². The van der Waals surface area contributed by atoms with E-state index in [1.54, 1.807) is 0 Å². The van der Waals surface area contributed by atoms with Crippen molar-refractivity contribution in [3.05, 3.63) is 33.8 Å². The van der Waals surface area contributed by atoms with Gasteiger partial charge in [-0.3, -0.25) is 0 Å². The van der Waals surface area contributed by atoms with E-state index in [0.29, 0.717) is 0 Å². The summed E-state index contributed by atoms with van der Waals surface area (Å²) < 4.78 is 55.5. The molecule has 7 heteroatoms. The highest BCUT2D eigenvalue weighted by atomic mass is 79.9. The molecule has 0 saturated heterocycles. The molecule has 0 saturated carbocycles. The normalized spacial score (nSPS) is 13.0. The minimum absolute atomic E-state index is 0.0187. The van der Waals surface area contributed by atoms with Gasteiger partial charge in [0.2, 0.25) is 0 Å². The molecule has 0 radical (unpaired) electrons. The average molecular weight is 344 g/mol. The molecule has 1 unspecified atom stereocenters. The van der Waals surface area contributed by atoms with Gasteiger partial charge in [-0.05, 0) is 40.9 Å². The van der Waals surface area contributed by atoms with Crippen LogP contribution in [0.1, 0.15) is 12.0 Å². The van der Waals surface area contributed by atoms with Gasteiger partial charge in [0.25, 0.3) is 6.43 Å². The number of rotatable bonds is 7. The maximum absolute atomic E-state index is 13.6. The first-order chi connectivity index (χ1) is 8.91. The van der Waals surface area contributed by atoms with Crippen molar-refractivity contribution in [1.82, 2.24) is 0 Å². The van der Waals surface area contributed by atoms with Crippen LogP contribution in [-0.4, -0.2) is 25.7 Å². The van der Waals surface area contributed by atoms with Gasteiger partial charge in [0.1, 0.15) is 18.2 Å². The summed E-state index contributed by atoms with van der Waals surface area (Å²) in [4.78, 5) is 0. The van der Waals surface area contributed by atoms with Gasteiger partial charge in [0.05, 0.1) is 4.47 Å². The smallest absolute Gasteiger partial charge is 0.261 e. The van der Waals surface area contributed by atoms with Crippen LogP contribution in [0.15, 0.2) is 16.6 Å². The highest BCUT2D eigenvalue weighted by molar-refractivity contribution is 9.10. The SMILES string of the molecule is NC(CCOCC(F)F)Cc1c(F)ccc(Br)c1F. The van der Waals surface area contributed by atoms with Crippen molar-refractivity contribution < 1.29 is 22.3 Å². The minimum Gasteiger partial charge on any atom is -0.375 e. The molecule has 0 fully saturated rings. The zero-order chi connectivity index (χ0) is 14.4. The van der Waals surface area contributed by atoms with Crippen LogP contribution in [0.25, 0.3) is 0 Å². The molecule has 108 valence electrons. The number of hydrogen-bond acceptors (Lipinski definition) is 2. The van der Waals surface area contributed by atoms with Crippen LogP contribution < -0.4 is 5.73 Å². The molecule has 0 heterocycles. The van der Waals surface area contributed by atoms with Gasteiger partial charge in [-0.1, -0.05) is 0 Å². The third-order valence-electron chi connectivity index (χ3n) is 2.48. The van der Waals surface area contributed by atoms with Crippen molar-refractivity contribution >= 4 is 15.9 Å². The molecule has 0 aliphatic carbocycles. The second kappa shape index (κ2) is 7.81. The molecule has 0 aliphatic heterocycles. The van der Waals surface area contributed by atoms with E-state index in [9.17, 15) is 17.6 Å². The molecular formula is C12H14BrF4NO. The van der Waals surface area contributed by atoms with Gasteiger partial charge in [0.15, 0.2) is 0 Å². The molecule has 0 amide bonds.